The predicted molar refractivity (Wildman–Crippen MR) is 134 cm³/mol. The molecule has 5 rings (SSSR count). The average molecular weight is 488 g/mol. The summed E-state index contributed by atoms with van der Waals surface area (Å²) in [7, 11) is 0. The van der Waals surface area contributed by atoms with Gasteiger partial charge in [0.1, 0.15) is 5.75 Å². The first-order valence-corrected chi connectivity index (χ1v) is 11.7. The van der Waals surface area contributed by atoms with Crippen LogP contribution >= 0.6 is 11.8 Å². The van der Waals surface area contributed by atoms with Crippen LogP contribution < -0.4 is 15.0 Å². The van der Waals surface area contributed by atoms with E-state index in [0.717, 1.165) is 22.9 Å². The van der Waals surface area contributed by atoms with Crippen molar-refractivity contribution in [3.63, 3.8) is 0 Å². The Morgan fingerprint density at radius 1 is 1.09 bits per heavy atom. The third-order valence-electron chi connectivity index (χ3n) is 5.89. The van der Waals surface area contributed by atoms with Crippen LogP contribution in [0.3, 0.4) is 0 Å². The summed E-state index contributed by atoms with van der Waals surface area (Å²) in [6.45, 7) is 7.08. The molecule has 176 valence electrons. The van der Waals surface area contributed by atoms with E-state index in [9.17, 15) is 19.2 Å². The highest BCUT2D eigenvalue weighted by molar-refractivity contribution is 8.18. The molecular formula is C26H21N3O5S. The monoisotopic (exact) mass is 487 g/mol. The number of anilines is 1. The second-order valence-electron chi connectivity index (χ2n) is 8.95. The maximum absolute atomic E-state index is 13.7. The van der Waals surface area contributed by atoms with Gasteiger partial charge in [-0.3, -0.25) is 19.3 Å². The van der Waals surface area contributed by atoms with Gasteiger partial charge in [0, 0.05) is 18.1 Å². The number of carbonyl (C=O) groups is 4. The molecule has 0 saturated heterocycles. The number of rotatable bonds is 2. The lowest BCUT2D eigenvalue weighted by Crippen LogP contribution is -2.46. The van der Waals surface area contributed by atoms with E-state index in [0.29, 0.717) is 16.8 Å². The molecule has 3 aliphatic rings. The van der Waals surface area contributed by atoms with E-state index < -0.39 is 17.4 Å². The summed E-state index contributed by atoms with van der Waals surface area (Å²) in [5.74, 6) is -1.60. The zero-order chi connectivity index (χ0) is 25.1. The number of benzene rings is 2. The van der Waals surface area contributed by atoms with Gasteiger partial charge in [0.2, 0.25) is 5.91 Å². The second-order valence-corrected chi connectivity index (χ2v) is 9.95. The van der Waals surface area contributed by atoms with Crippen molar-refractivity contribution < 1.29 is 23.9 Å². The Balaban J connectivity index is 1.66. The van der Waals surface area contributed by atoms with Crippen LogP contribution in [-0.2, 0) is 14.4 Å². The van der Waals surface area contributed by atoms with Gasteiger partial charge >= 0.3 is 5.97 Å². The van der Waals surface area contributed by atoms with Crippen molar-refractivity contribution in [3.8, 4) is 5.75 Å². The minimum atomic E-state index is -0.652. The van der Waals surface area contributed by atoms with E-state index in [1.54, 1.807) is 47.4 Å². The number of carbonyl (C=O) groups excluding carboxylic acids is 4. The van der Waals surface area contributed by atoms with E-state index in [2.05, 4.69) is 10.3 Å². The van der Waals surface area contributed by atoms with Gasteiger partial charge in [0.25, 0.3) is 11.8 Å². The Hall–Kier alpha value is -3.98. The third kappa shape index (κ3) is 3.77. The number of esters is 1. The number of allylic oxidation sites excluding steroid dienone is 1. The molecule has 9 heteroatoms. The van der Waals surface area contributed by atoms with E-state index in [1.807, 2.05) is 26.8 Å². The van der Waals surface area contributed by atoms with Gasteiger partial charge in [0.05, 0.1) is 27.3 Å². The molecule has 0 aliphatic carbocycles. The number of amides is 3. The lowest BCUT2D eigenvalue weighted by Gasteiger charge is -2.38. The van der Waals surface area contributed by atoms with E-state index in [-0.39, 0.29) is 33.2 Å². The first kappa shape index (κ1) is 22.8. The van der Waals surface area contributed by atoms with Gasteiger partial charge in [-0.1, -0.05) is 24.3 Å². The maximum Gasteiger partial charge on any atom is 0.343 e. The zero-order valence-electron chi connectivity index (χ0n) is 19.5. The molecule has 0 spiro atoms. The fourth-order valence-corrected chi connectivity index (χ4v) is 5.53. The maximum atomic E-state index is 13.7. The van der Waals surface area contributed by atoms with Crippen molar-refractivity contribution in [1.29, 1.82) is 0 Å². The van der Waals surface area contributed by atoms with Crippen LogP contribution in [0, 0.1) is 0 Å². The summed E-state index contributed by atoms with van der Waals surface area (Å²) in [5.41, 5.74) is 2.71. The van der Waals surface area contributed by atoms with Crippen LogP contribution in [-0.4, -0.2) is 34.4 Å². The fraction of sp³-hybridized carbons (Fsp3) is 0.192. The number of ether oxygens (including phenoxy) is 1. The molecular weight excluding hydrogens is 466 g/mol. The molecule has 8 nitrogen and oxygen atoms in total. The summed E-state index contributed by atoms with van der Waals surface area (Å²) in [6.07, 6.45) is 1.97. The summed E-state index contributed by atoms with van der Waals surface area (Å²) in [4.78, 5) is 56.4. The Morgan fingerprint density at radius 3 is 2.46 bits per heavy atom. The quantitative estimate of drug-likeness (QED) is 0.391. The number of amidine groups is 1. The normalized spacial score (nSPS) is 19.8. The molecule has 0 aromatic heterocycles. The van der Waals surface area contributed by atoms with Crippen molar-refractivity contribution in [2.75, 3.05) is 4.90 Å². The van der Waals surface area contributed by atoms with Crippen LogP contribution in [0.5, 0.6) is 5.75 Å². The van der Waals surface area contributed by atoms with Crippen molar-refractivity contribution in [1.82, 2.24) is 5.32 Å². The fourth-order valence-electron chi connectivity index (χ4n) is 4.58. The number of hydrogen-bond acceptors (Lipinski definition) is 6. The largest absolute Gasteiger partial charge is 0.423 e. The average Bonchev–Trinajstić information content (AvgIpc) is 3.28. The van der Waals surface area contributed by atoms with Crippen molar-refractivity contribution in [2.24, 2.45) is 4.99 Å². The third-order valence-corrected chi connectivity index (χ3v) is 6.86. The number of thioether (sulfide) groups is 1. The predicted octanol–water partition coefficient (Wildman–Crippen LogP) is 3.92. The van der Waals surface area contributed by atoms with Gasteiger partial charge in [-0.25, -0.2) is 4.79 Å². The standard InChI is InChI=1S/C26H21N3O5S/c1-13-12-26(3,4)29-20-17(13)10-16(34-24(33)15-8-6-5-7-9-15)11-18(20)19(23(29)32)21-22(31)28-25(35-21)27-14(2)30/h5-12H,1-4H3,(H,27,28,30,31). The number of nitrogens with zero attached hydrogens (tertiary/aromatic N) is 2. The molecule has 0 fully saturated rings. The topological polar surface area (TPSA) is 105 Å². The van der Waals surface area contributed by atoms with Crippen molar-refractivity contribution in [3.05, 3.63) is 70.1 Å². The summed E-state index contributed by atoms with van der Waals surface area (Å²) in [6, 6.07) is 11.9. The minimum Gasteiger partial charge on any atom is -0.423 e. The second kappa shape index (κ2) is 8.06. The molecule has 0 bridgehead atoms. The van der Waals surface area contributed by atoms with Gasteiger partial charge in [-0.2, -0.15) is 4.99 Å². The molecule has 0 saturated carbocycles. The highest BCUT2D eigenvalue weighted by Gasteiger charge is 2.47. The van der Waals surface area contributed by atoms with E-state index in [4.69, 9.17) is 4.74 Å². The lowest BCUT2D eigenvalue weighted by atomic mass is 9.89. The van der Waals surface area contributed by atoms with Crippen molar-refractivity contribution >= 4 is 57.5 Å². The lowest BCUT2D eigenvalue weighted by molar-refractivity contribution is -0.117. The van der Waals surface area contributed by atoms with Gasteiger partial charge in [0.15, 0.2) is 5.17 Å². The van der Waals surface area contributed by atoms with Gasteiger partial charge in [-0.15, -0.1) is 0 Å². The van der Waals surface area contributed by atoms with E-state index in [1.165, 1.54) is 6.92 Å². The first-order valence-electron chi connectivity index (χ1n) is 10.9. The molecule has 0 atom stereocenters. The molecule has 2 aromatic carbocycles. The molecule has 3 aliphatic heterocycles. The van der Waals surface area contributed by atoms with Crippen molar-refractivity contribution in [2.45, 2.75) is 33.2 Å². The zero-order valence-corrected chi connectivity index (χ0v) is 20.3. The number of hydrogen-bond donors (Lipinski definition) is 1. The Labute approximate surface area is 205 Å². The number of nitrogens with one attached hydrogen (secondary N) is 1. The molecule has 0 unspecified atom stereocenters. The number of aliphatic imine (C=N–C) groups is 1. The summed E-state index contributed by atoms with van der Waals surface area (Å²) in [5, 5.41) is 2.63. The van der Waals surface area contributed by atoms with Crippen LogP contribution in [0.4, 0.5) is 5.69 Å². The molecule has 3 heterocycles. The van der Waals surface area contributed by atoms with Crippen LogP contribution in [0.15, 0.2) is 58.4 Å². The molecule has 1 N–H and O–H groups in total. The van der Waals surface area contributed by atoms with Crippen LogP contribution in [0.2, 0.25) is 0 Å². The molecule has 3 amide bonds. The molecule has 35 heavy (non-hydrogen) atoms. The van der Waals surface area contributed by atoms with Crippen LogP contribution in [0.1, 0.15) is 49.2 Å². The smallest absolute Gasteiger partial charge is 0.343 e. The Bertz CT molecular complexity index is 1440. The van der Waals surface area contributed by atoms with E-state index >= 15 is 0 Å². The minimum absolute atomic E-state index is 0.119. The van der Waals surface area contributed by atoms with Gasteiger partial charge in [-0.05, 0) is 62.4 Å². The highest BCUT2D eigenvalue weighted by atomic mass is 32.2. The molecule has 0 radical (unpaired) electrons. The summed E-state index contributed by atoms with van der Waals surface area (Å²) < 4.78 is 5.68. The highest BCUT2D eigenvalue weighted by Crippen LogP contribution is 2.52. The van der Waals surface area contributed by atoms with Gasteiger partial charge < -0.3 is 10.1 Å². The van der Waals surface area contributed by atoms with Crippen LogP contribution in [0.25, 0.3) is 11.1 Å². The summed E-state index contributed by atoms with van der Waals surface area (Å²) >= 11 is 0.944. The SMILES string of the molecule is CC(=O)NC1=NC(=O)C(=C2C(=O)N3c4c(cc(OC(=O)c5ccccc5)cc42)C(C)=CC3(C)C)S1. The molecule has 2 aromatic rings. The Kier molecular flexibility index (Phi) is 5.25. The Morgan fingerprint density at radius 2 is 1.77 bits per heavy atom. The first-order chi connectivity index (χ1) is 16.6.